The highest BCUT2D eigenvalue weighted by molar-refractivity contribution is 5.63. The van der Waals surface area contributed by atoms with E-state index >= 15 is 0 Å². The molecular weight excluding hydrogens is 390 g/mol. The minimum atomic E-state index is -2.54. The molecule has 31 heavy (non-hydrogen) atoms. The fourth-order valence-electron chi connectivity index (χ4n) is 9.06. The first kappa shape index (κ1) is 16.3. The molecule has 5 aliphatic carbocycles. The molecule has 2 N–H and O–H groups in total. The summed E-state index contributed by atoms with van der Waals surface area (Å²) in [6.45, 7) is 1.02. The van der Waals surface area contributed by atoms with Crippen molar-refractivity contribution in [3.8, 4) is 11.5 Å². The average Bonchev–Trinajstić information content (AvgIpc) is 3.53. The van der Waals surface area contributed by atoms with Crippen molar-refractivity contribution in [1.82, 2.24) is 4.90 Å². The Labute approximate surface area is 188 Å². The van der Waals surface area contributed by atoms with Crippen molar-refractivity contribution in [3.05, 3.63) is 23.3 Å². The second-order valence-electron chi connectivity index (χ2n) is 11.5. The van der Waals surface area contributed by atoms with Crippen LogP contribution in [0.15, 0.2) is 12.1 Å². The first-order chi connectivity index (χ1) is 16.0. The summed E-state index contributed by atoms with van der Waals surface area (Å²) >= 11 is 0. The highest BCUT2D eigenvalue weighted by Crippen LogP contribution is 2.77. The maximum atomic E-state index is 11.6. The van der Waals surface area contributed by atoms with Gasteiger partial charge in [-0.3, -0.25) is 4.90 Å². The van der Waals surface area contributed by atoms with E-state index in [0.29, 0.717) is 18.6 Å². The van der Waals surface area contributed by atoms with Crippen LogP contribution < -0.4 is 4.74 Å². The van der Waals surface area contributed by atoms with Gasteiger partial charge in [-0.2, -0.15) is 0 Å². The lowest BCUT2D eigenvalue weighted by Crippen LogP contribution is -2.82. The molecule has 2 aliphatic heterocycles. The lowest BCUT2D eigenvalue weighted by Gasteiger charge is -2.75. The van der Waals surface area contributed by atoms with Crippen molar-refractivity contribution >= 4 is 0 Å². The number of fused-ring (bicyclic) bond motifs is 2. The standard InChI is InChI=1S/C26H35NO4/c1-23(2,29)18-13-24-8-9-26(18,30-3)22-25(24)10-11-27(14-15-4-5-15)19(24)12-16-6-7-17(28)21(31-22)20(16)25/h6-7,15,18-19,22,28-29H,4-5,8-14H2,1-3H3/t18-,19-,22-,24-,25+,26-/m1/s1/i1D3/t18-,19-,22-,23?,24-,25+,26-. The molecule has 5 nitrogen and oxygen atoms in total. The van der Waals surface area contributed by atoms with Crippen LogP contribution in [0.5, 0.6) is 11.5 Å². The molecule has 1 saturated heterocycles. The average molecular weight is 429 g/mol. The molecule has 2 spiro atoms. The lowest BCUT2D eigenvalue weighted by atomic mass is 9.34. The summed E-state index contributed by atoms with van der Waals surface area (Å²) < 4.78 is 37.7. The zero-order chi connectivity index (χ0) is 23.9. The van der Waals surface area contributed by atoms with E-state index in [1.807, 2.05) is 0 Å². The molecule has 5 fully saturated rings. The maximum Gasteiger partial charge on any atom is 0.165 e. The largest absolute Gasteiger partial charge is 0.504 e. The van der Waals surface area contributed by atoms with Crippen molar-refractivity contribution in [3.63, 3.8) is 0 Å². The van der Waals surface area contributed by atoms with Crippen molar-refractivity contribution in [1.29, 1.82) is 0 Å². The Morgan fingerprint density at radius 2 is 2.16 bits per heavy atom. The van der Waals surface area contributed by atoms with Gasteiger partial charge in [0.05, 0.1) is 5.60 Å². The molecule has 5 heteroatoms. The molecule has 168 valence electrons. The van der Waals surface area contributed by atoms with E-state index in [1.165, 1.54) is 25.3 Å². The quantitative estimate of drug-likeness (QED) is 0.770. The fraction of sp³-hybridized carbons (Fsp3) is 0.769. The van der Waals surface area contributed by atoms with Crippen LogP contribution in [0.1, 0.15) is 67.5 Å². The number of aliphatic hydroxyl groups is 1. The number of likely N-dealkylation sites (tertiary alicyclic amines) is 1. The first-order valence-corrected chi connectivity index (χ1v) is 12.1. The predicted molar refractivity (Wildman–Crippen MR) is 116 cm³/mol. The van der Waals surface area contributed by atoms with E-state index in [0.717, 1.165) is 43.8 Å². The van der Waals surface area contributed by atoms with Crippen molar-refractivity contribution < 1.29 is 23.8 Å². The Kier molecular flexibility index (Phi) is 2.95. The Morgan fingerprint density at radius 1 is 1.32 bits per heavy atom. The summed E-state index contributed by atoms with van der Waals surface area (Å²) in [7, 11) is 1.65. The smallest absolute Gasteiger partial charge is 0.165 e. The van der Waals surface area contributed by atoms with E-state index in [9.17, 15) is 10.2 Å². The Morgan fingerprint density at radius 3 is 2.90 bits per heavy atom. The number of piperidine rings is 1. The predicted octanol–water partition coefficient (Wildman–Crippen LogP) is 3.39. The van der Waals surface area contributed by atoms with E-state index in [4.69, 9.17) is 13.6 Å². The van der Waals surface area contributed by atoms with Gasteiger partial charge in [-0.1, -0.05) is 6.07 Å². The van der Waals surface area contributed by atoms with Gasteiger partial charge in [-0.25, -0.2) is 0 Å². The Bertz CT molecular complexity index is 1070. The summed E-state index contributed by atoms with van der Waals surface area (Å²) in [5, 5.41) is 22.5. The monoisotopic (exact) mass is 428 g/mol. The summed E-state index contributed by atoms with van der Waals surface area (Å²) in [4.78, 5) is 2.68. The number of rotatable bonds is 4. The van der Waals surface area contributed by atoms with Gasteiger partial charge in [0.15, 0.2) is 11.5 Å². The number of phenolic OH excluding ortho intramolecular Hbond substituents is 1. The molecule has 4 bridgehead atoms. The molecule has 0 radical (unpaired) electrons. The topological polar surface area (TPSA) is 62.2 Å². The van der Waals surface area contributed by atoms with E-state index < -0.39 is 30.1 Å². The number of hydrogen-bond acceptors (Lipinski definition) is 5. The van der Waals surface area contributed by atoms with Gasteiger partial charge in [-0.05, 0) is 82.8 Å². The molecule has 2 heterocycles. The molecule has 0 aromatic heterocycles. The summed E-state index contributed by atoms with van der Waals surface area (Å²) in [6.07, 6.45) is 6.16. The molecule has 7 aliphatic rings. The molecule has 8 rings (SSSR count). The zero-order valence-corrected chi connectivity index (χ0v) is 18.5. The number of ether oxygens (including phenoxy) is 2. The van der Waals surface area contributed by atoms with E-state index in [-0.39, 0.29) is 22.6 Å². The number of methoxy groups -OCH3 is 1. The highest BCUT2D eigenvalue weighted by Gasteiger charge is 2.81. The van der Waals surface area contributed by atoms with Crippen LogP contribution in [-0.2, 0) is 16.6 Å². The molecule has 0 amide bonds. The molecule has 1 aromatic carbocycles. The second-order valence-corrected chi connectivity index (χ2v) is 11.5. The molecule has 4 saturated carbocycles. The fourth-order valence-corrected chi connectivity index (χ4v) is 9.06. The van der Waals surface area contributed by atoms with Crippen LogP contribution in [-0.4, -0.2) is 58.7 Å². The highest BCUT2D eigenvalue weighted by atomic mass is 16.6. The van der Waals surface area contributed by atoms with E-state index in [1.54, 1.807) is 13.2 Å². The number of benzene rings is 1. The van der Waals surface area contributed by atoms with Crippen LogP contribution in [0.2, 0.25) is 0 Å². The number of nitrogens with zero attached hydrogens (tertiary/aromatic N) is 1. The van der Waals surface area contributed by atoms with Crippen molar-refractivity contribution in [2.75, 3.05) is 20.2 Å². The minimum Gasteiger partial charge on any atom is -0.504 e. The number of hydrogen-bond donors (Lipinski definition) is 2. The summed E-state index contributed by atoms with van der Waals surface area (Å²) in [5.74, 6) is 0.898. The SMILES string of the molecule is [2H]C([2H])([2H])C(C)(O)[C@H]1C[C@@]23CC[C@]1(OC)[C@@H]1Oc4c(O)ccc5c4[C@@]12CCN(CC1CC1)[C@@H]3C5. The molecule has 1 unspecified atom stereocenters. The Hall–Kier alpha value is -1.30. The number of aromatic hydroxyl groups is 1. The van der Waals surface area contributed by atoms with Gasteiger partial charge < -0.3 is 19.7 Å². The summed E-state index contributed by atoms with van der Waals surface area (Å²) in [6, 6.07) is 4.10. The maximum absolute atomic E-state index is 11.6. The van der Waals surface area contributed by atoms with Gasteiger partial charge in [0, 0.05) is 46.1 Å². The van der Waals surface area contributed by atoms with Gasteiger partial charge in [0.1, 0.15) is 11.7 Å². The number of phenols is 1. The first-order valence-electron chi connectivity index (χ1n) is 13.6. The van der Waals surface area contributed by atoms with Crippen molar-refractivity contribution in [2.45, 2.75) is 87.5 Å². The van der Waals surface area contributed by atoms with Gasteiger partial charge >= 0.3 is 0 Å². The van der Waals surface area contributed by atoms with Crippen molar-refractivity contribution in [2.24, 2.45) is 17.3 Å². The van der Waals surface area contributed by atoms with Gasteiger partial charge in [-0.15, -0.1) is 0 Å². The van der Waals surface area contributed by atoms with Crippen LogP contribution >= 0.6 is 0 Å². The van der Waals surface area contributed by atoms with Crippen LogP contribution in [0.3, 0.4) is 0 Å². The molecular formula is C26H35NO4. The third-order valence-electron chi connectivity index (χ3n) is 10.3. The zero-order valence-electron chi connectivity index (χ0n) is 21.5. The Balaban J connectivity index is 1.47. The van der Waals surface area contributed by atoms with Crippen LogP contribution in [0, 0.1) is 17.3 Å². The van der Waals surface area contributed by atoms with Gasteiger partial charge in [0.25, 0.3) is 0 Å². The normalized spacial score (nSPS) is 48.2. The van der Waals surface area contributed by atoms with E-state index in [2.05, 4.69) is 11.0 Å². The second kappa shape index (κ2) is 5.60. The third kappa shape index (κ3) is 2.02. The van der Waals surface area contributed by atoms with Crippen LogP contribution in [0.25, 0.3) is 0 Å². The lowest BCUT2D eigenvalue weighted by molar-refractivity contribution is -0.300. The molecule has 7 atom stereocenters. The summed E-state index contributed by atoms with van der Waals surface area (Å²) in [5.41, 5.74) is -0.972. The third-order valence-corrected chi connectivity index (χ3v) is 10.3. The van der Waals surface area contributed by atoms with Gasteiger partial charge in [0.2, 0.25) is 0 Å². The minimum absolute atomic E-state index is 0.154. The molecule has 1 aromatic rings. The van der Waals surface area contributed by atoms with Crippen LogP contribution in [0.4, 0.5) is 0 Å².